The predicted molar refractivity (Wildman–Crippen MR) is 72.2 cm³/mol. The molecule has 0 aliphatic rings. The van der Waals surface area contributed by atoms with Crippen LogP contribution < -0.4 is 5.73 Å². The maximum atomic E-state index is 6.22. The number of hydrogen-bond acceptors (Lipinski definition) is 2. The first-order valence-corrected chi connectivity index (χ1v) is 5.97. The Labute approximate surface area is 106 Å². The number of anilines is 1. The average Bonchev–Trinajstić information content (AvgIpc) is 2.57. The van der Waals surface area contributed by atoms with E-state index in [-0.39, 0.29) is 0 Å². The lowest BCUT2D eigenvalue weighted by Crippen LogP contribution is -1.98. The van der Waals surface area contributed by atoms with Gasteiger partial charge in [0, 0.05) is 23.2 Å². The Balaban J connectivity index is 2.70. The zero-order valence-electron chi connectivity index (χ0n) is 10.2. The normalized spacial score (nSPS) is 11.1. The fourth-order valence-corrected chi connectivity index (χ4v) is 2.13. The van der Waals surface area contributed by atoms with Gasteiger partial charge in [0.05, 0.1) is 5.69 Å². The van der Waals surface area contributed by atoms with Crippen LogP contribution in [-0.2, 0) is 7.05 Å². The molecule has 2 rings (SSSR count). The number of hydrogen-bond donors (Lipinski definition) is 1. The fourth-order valence-electron chi connectivity index (χ4n) is 1.90. The van der Waals surface area contributed by atoms with Gasteiger partial charge in [-0.25, -0.2) is 0 Å². The molecule has 0 aliphatic heterocycles. The van der Waals surface area contributed by atoms with Crippen molar-refractivity contribution in [2.45, 2.75) is 19.8 Å². The van der Waals surface area contributed by atoms with Gasteiger partial charge < -0.3 is 5.73 Å². The van der Waals surface area contributed by atoms with Crippen molar-refractivity contribution in [3.05, 3.63) is 35.0 Å². The Morgan fingerprint density at radius 3 is 2.53 bits per heavy atom. The topological polar surface area (TPSA) is 43.8 Å². The van der Waals surface area contributed by atoms with E-state index in [4.69, 9.17) is 17.3 Å². The summed E-state index contributed by atoms with van der Waals surface area (Å²) in [6.07, 6.45) is 0. The molecular formula is C13H16ClN3. The first-order valence-electron chi connectivity index (χ1n) is 5.59. The molecule has 4 heteroatoms. The lowest BCUT2D eigenvalue weighted by Gasteiger charge is -2.08. The van der Waals surface area contributed by atoms with Gasteiger partial charge in [0.15, 0.2) is 0 Å². The van der Waals surface area contributed by atoms with Crippen LogP contribution in [0.15, 0.2) is 24.3 Å². The molecule has 2 aromatic rings. The van der Waals surface area contributed by atoms with Gasteiger partial charge in [0.25, 0.3) is 0 Å². The lowest BCUT2D eigenvalue weighted by atomic mass is 9.99. The van der Waals surface area contributed by atoms with Crippen LogP contribution in [0.4, 0.5) is 5.82 Å². The van der Waals surface area contributed by atoms with Gasteiger partial charge in [-0.15, -0.1) is 0 Å². The molecule has 0 bridgehead atoms. The van der Waals surface area contributed by atoms with E-state index in [2.05, 4.69) is 18.9 Å². The van der Waals surface area contributed by atoms with Crippen molar-refractivity contribution in [3.63, 3.8) is 0 Å². The Hall–Kier alpha value is -1.48. The van der Waals surface area contributed by atoms with Crippen LogP contribution in [0.3, 0.4) is 0 Å². The minimum Gasteiger partial charge on any atom is -0.383 e. The van der Waals surface area contributed by atoms with Crippen molar-refractivity contribution in [2.75, 3.05) is 5.73 Å². The van der Waals surface area contributed by atoms with Crippen LogP contribution in [0.5, 0.6) is 0 Å². The third-order valence-electron chi connectivity index (χ3n) is 2.81. The Morgan fingerprint density at radius 1 is 1.29 bits per heavy atom. The largest absolute Gasteiger partial charge is 0.383 e. The van der Waals surface area contributed by atoms with Crippen LogP contribution >= 0.6 is 11.6 Å². The van der Waals surface area contributed by atoms with Gasteiger partial charge in [-0.3, -0.25) is 4.68 Å². The second-order valence-electron chi connectivity index (χ2n) is 4.40. The van der Waals surface area contributed by atoms with Crippen LogP contribution in [0.25, 0.3) is 11.1 Å². The molecule has 0 spiro atoms. The minimum atomic E-state index is 0.310. The van der Waals surface area contributed by atoms with E-state index >= 15 is 0 Å². The average molecular weight is 250 g/mol. The molecule has 1 aromatic carbocycles. The monoisotopic (exact) mass is 249 g/mol. The van der Waals surface area contributed by atoms with Crippen LogP contribution in [-0.4, -0.2) is 9.78 Å². The lowest BCUT2D eigenvalue weighted by molar-refractivity contribution is 0.719. The molecule has 3 nitrogen and oxygen atoms in total. The Bertz CT molecular complexity index is 544. The molecule has 0 saturated carbocycles. The summed E-state index contributed by atoms with van der Waals surface area (Å²) in [6, 6.07) is 7.71. The number of nitrogens with two attached hydrogens (primary N) is 1. The molecular weight excluding hydrogens is 234 g/mol. The molecule has 0 fully saturated rings. The van der Waals surface area contributed by atoms with E-state index in [1.54, 1.807) is 4.68 Å². The van der Waals surface area contributed by atoms with E-state index in [0.717, 1.165) is 16.8 Å². The number of nitrogens with zero attached hydrogens (tertiary/aromatic N) is 2. The summed E-state index contributed by atoms with van der Waals surface area (Å²) in [5.41, 5.74) is 8.97. The highest BCUT2D eigenvalue weighted by molar-refractivity contribution is 6.33. The molecule has 0 atom stereocenters. The SMILES string of the molecule is CC(C)c1nn(C)c(N)c1-c1ccccc1Cl. The van der Waals surface area contributed by atoms with Crippen molar-refractivity contribution in [3.8, 4) is 11.1 Å². The van der Waals surface area contributed by atoms with Gasteiger partial charge in [-0.05, 0) is 12.0 Å². The number of rotatable bonds is 2. The summed E-state index contributed by atoms with van der Waals surface area (Å²) < 4.78 is 1.70. The number of benzene rings is 1. The van der Waals surface area contributed by atoms with E-state index in [9.17, 15) is 0 Å². The summed E-state index contributed by atoms with van der Waals surface area (Å²) in [5.74, 6) is 0.964. The standard InChI is InChI=1S/C13H16ClN3/c1-8(2)12-11(13(15)17(3)16-12)9-6-4-5-7-10(9)14/h4-8H,15H2,1-3H3. The molecule has 1 heterocycles. The zero-order chi connectivity index (χ0) is 12.6. The number of halogens is 1. The summed E-state index contributed by atoms with van der Waals surface area (Å²) >= 11 is 6.22. The highest BCUT2D eigenvalue weighted by atomic mass is 35.5. The maximum Gasteiger partial charge on any atom is 0.129 e. The van der Waals surface area contributed by atoms with Gasteiger partial charge in [0.1, 0.15) is 5.82 Å². The maximum absolute atomic E-state index is 6.22. The van der Waals surface area contributed by atoms with Crippen molar-refractivity contribution in [1.82, 2.24) is 9.78 Å². The zero-order valence-corrected chi connectivity index (χ0v) is 11.0. The van der Waals surface area contributed by atoms with E-state index in [0.29, 0.717) is 16.8 Å². The van der Waals surface area contributed by atoms with Gasteiger partial charge >= 0.3 is 0 Å². The molecule has 1 aromatic heterocycles. The van der Waals surface area contributed by atoms with E-state index in [1.807, 2.05) is 31.3 Å². The molecule has 0 radical (unpaired) electrons. The summed E-state index contributed by atoms with van der Waals surface area (Å²) in [4.78, 5) is 0. The molecule has 0 saturated heterocycles. The second kappa shape index (κ2) is 4.41. The number of aryl methyl sites for hydroxylation is 1. The number of nitrogen functional groups attached to an aromatic ring is 1. The van der Waals surface area contributed by atoms with Crippen molar-refractivity contribution in [1.29, 1.82) is 0 Å². The molecule has 0 amide bonds. The van der Waals surface area contributed by atoms with Gasteiger partial charge in [0.2, 0.25) is 0 Å². The van der Waals surface area contributed by atoms with Crippen molar-refractivity contribution < 1.29 is 0 Å². The number of aromatic nitrogens is 2. The first kappa shape index (κ1) is 12.0. The molecule has 0 unspecified atom stereocenters. The molecule has 0 aliphatic carbocycles. The molecule has 17 heavy (non-hydrogen) atoms. The van der Waals surface area contributed by atoms with E-state index < -0.39 is 0 Å². The van der Waals surface area contributed by atoms with Crippen molar-refractivity contribution >= 4 is 17.4 Å². The van der Waals surface area contributed by atoms with Crippen LogP contribution in [0, 0.1) is 0 Å². The molecule has 90 valence electrons. The first-order chi connectivity index (χ1) is 8.02. The van der Waals surface area contributed by atoms with Gasteiger partial charge in [-0.2, -0.15) is 5.10 Å². The second-order valence-corrected chi connectivity index (χ2v) is 4.81. The Morgan fingerprint density at radius 2 is 1.94 bits per heavy atom. The summed E-state index contributed by atoms with van der Waals surface area (Å²) in [5, 5.41) is 5.16. The van der Waals surface area contributed by atoms with Gasteiger partial charge in [-0.1, -0.05) is 43.6 Å². The highest BCUT2D eigenvalue weighted by Crippen LogP contribution is 2.37. The van der Waals surface area contributed by atoms with E-state index in [1.165, 1.54) is 0 Å². The molecule has 2 N–H and O–H groups in total. The third-order valence-corrected chi connectivity index (χ3v) is 3.14. The highest BCUT2D eigenvalue weighted by Gasteiger charge is 2.19. The minimum absolute atomic E-state index is 0.310. The quantitative estimate of drug-likeness (QED) is 0.886. The van der Waals surface area contributed by atoms with Crippen LogP contribution in [0.1, 0.15) is 25.5 Å². The summed E-state index contributed by atoms with van der Waals surface area (Å²) in [7, 11) is 1.85. The fraction of sp³-hybridized carbons (Fsp3) is 0.308. The Kier molecular flexibility index (Phi) is 3.11. The van der Waals surface area contributed by atoms with Crippen LogP contribution in [0.2, 0.25) is 5.02 Å². The van der Waals surface area contributed by atoms with Crippen molar-refractivity contribution in [2.24, 2.45) is 7.05 Å². The third kappa shape index (κ3) is 2.03. The predicted octanol–water partition coefficient (Wildman–Crippen LogP) is 3.45. The summed E-state index contributed by atoms with van der Waals surface area (Å²) in [6.45, 7) is 4.20. The smallest absolute Gasteiger partial charge is 0.129 e.